The van der Waals surface area contributed by atoms with E-state index in [4.69, 9.17) is 9.47 Å². The van der Waals surface area contributed by atoms with E-state index in [0.29, 0.717) is 11.3 Å². The Labute approximate surface area is 106 Å². The smallest absolute Gasteiger partial charge is 0.341 e. The van der Waals surface area contributed by atoms with Crippen LogP contribution in [0.4, 0.5) is 0 Å². The van der Waals surface area contributed by atoms with Gasteiger partial charge in [0.25, 0.3) is 0 Å². The van der Waals surface area contributed by atoms with E-state index < -0.39 is 5.97 Å². The third-order valence-corrected chi connectivity index (χ3v) is 2.28. The summed E-state index contributed by atoms with van der Waals surface area (Å²) in [4.78, 5) is 23.0. The second kappa shape index (κ2) is 6.59. The highest BCUT2D eigenvalue weighted by atomic mass is 16.5. The molecule has 0 spiro atoms. The third-order valence-electron chi connectivity index (χ3n) is 2.28. The minimum absolute atomic E-state index is 0.0325. The molecule has 0 atom stereocenters. The van der Waals surface area contributed by atoms with Crippen LogP contribution in [0.3, 0.4) is 0 Å². The summed E-state index contributed by atoms with van der Waals surface area (Å²) in [5.74, 6) is -0.264. The molecule has 1 aromatic rings. The van der Waals surface area contributed by atoms with Gasteiger partial charge in [0.2, 0.25) is 0 Å². The molecule has 0 radical (unpaired) electrons. The number of benzene rings is 1. The molecule has 4 nitrogen and oxygen atoms in total. The van der Waals surface area contributed by atoms with Crippen molar-refractivity contribution < 1.29 is 19.1 Å². The maximum atomic E-state index is 11.6. The first kappa shape index (κ1) is 14.0. The molecule has 0 bridgehead atoms. The van der Waals surface area contributed by atoms with Crippen LogP contribution in [0.5, 0.6) is 5.75 Å². The number of rotatable bonds is 5. The summed E-state index contributed by atoms with van der Waals surface area (Å²) in [5.41, 5.74) is 0.748. The molecule has 96 valence electrons. The van der Waals surface area contributed by atoms with Crippen molar-refractivity contribution in [2.75, 3.05) is 13.7 Å². The van der Waals surface area contributed by atoms with Gasteiger partial charge in [0.15, 0.2) is 5.78 Å². The normalized spacial score (nSPS) is 10.9. The largest absolute Gasteiger partial charge is 0.497 e. The van der Waals surface area contributed by atoms with Crippen molar-refractivity contribution in [3.8, 4) is 5.75 Å². The number of ketones is 1. The lowest BCUT2D eigenvalue weighted by Crippen LogP contribution is -2.13. The molecule has 0 aliphatic carbocycles. The van der Waals surface area contributed by atoms with Gasteiger partial charge >= 0.3 is 5.97 Å². The Bertz CT molecular complexity index is 474. The van der Waals surface area contributed by atoms with E-state index in [1.165, 1.54) is 13.0 Å². The molecule has 0 aromatic heterocycles. The van der Waals surface area contributed by atoms with Crippen LogP contribution in [0.2, 0.25) is 0 Å². The summed E-state index contributed by atoms with van der Waals surface area (Å²) >= 11 is 0. The maximum absolute atomic E-state index is 11.6. The van der Waals surface area contributed by atoms with Crippen LogP contribution in [0.25, 0.3) is 6.08 Å². The molecular weight excluding hydrogens is 232 g/mol. The predicted molar refractivity (Wildman–Crippen MR) is 68.3 cm³/mol. The third kappa shape index (κ3) is 3.73. The molecule has 1 rings (SSSR count). The first-order valence-corrected chi connectivity index (χ1v) is 5.62. The molecule has 1 aromatic carbocycles. The van der Waals surface area contributed by atoms with E-state index >= 15 is 0 Å². The van der Waals surface area contributed by atoms with Crippen molar-refractivity contribution in [3.63, 3.8) is 0 Å². The van der Waals surface area contributed by atoms with Gasteiger partial charge in [-0.1, -0.05) is 12.1 Å². The zero-order valence-corrected chi connectivity index (χ0v) is 10.7. The Hall–Kier alpha value is -2.10. The average Bonchev–Trinajstić information content (AvgIpc) is 2.36. The molecule has 4 heteroatoms. The fourth-order valence-corrected chi connectivity index (χ4v) is 1.41. The van der Waals surface area contributed by atoms with Crippen molar-refractivity contribution in [2.45, 2.75) is 13.8 Å². The standard InChI is InChI=1S/C14H16O4/c1-4-18-14(16)13(10(2)15)9-11-6-5-7-12(8-11)17-3/h5-9H,4H2,1-3H3/b13-9-. The lowest BCUT2D eigenvalue weighted by atomic mass is 10.1. The van der Waals surface area contributed by atoms with Crippen molar-refractivity contribution in [3.05, 3.63) is 35.4 Å². The Kier molecular flexibility index (Phi) is 5.11. The number of carbonyl (C=O) groups excluding carboxylic acids is 2. The van der Waals surface area contributed by atoms with Crippen LogP contribution in [0.1, 0.15) is 19.4 Å². The quantitative estimate of drug-likeness (QED) is 0.347. The fraction of sp³-hybridized carbons (Fsp3) is 0.286. The highest BCUT2D eigenvalue weighted by Gasteiger charge is 2.15. The van der Waals surface area contributed by atoms with Crippen LogP contribution in [-0.2, 0) is 14.3 Å². The minimum atomic E-state index is -0.604. The zero-order valence-electron chi connectivity index (χ0n) is 10.7. The summed E-state index contributed by atoms with van der Waals surface area (Å²) in [6, 6.07) is 7.09. The number of Topliss-reactive ketones (excluding diaryl/α,β-unsaturated/α-hetero) is 1. The maximum Gasteiger partial charge on any atom is 0.341 e. The van der Waals surface area contributed by atoms with E-state index in [1.54, 1.807) is 38.3 Å². The Morgan fingerprint density at radius 2 is 2.06 bits per heavy atom. The van der Waals surface area contributed by atoms with E-state index in [2.05, 4.69) is 0 Å². The number of carbonyl (C=O) groups is 2. The molecule has 0 saturated heterocycles. The molecule has 0 aliphatic rings. The molecule has 0 aliphatic heterocycles. The number of hydrogen-bond acceptors (Lipinski definition) is 4. The van der Waals surface area contributed by atoms with Gasteiger partial charge in [0.1, 0.15) is 11.3 Å². The number of ether oxygens (including phenoxy) is 2. The van der Waals surface area contributed by atoms with Crippen LogP contribution in [-0.4, -0.2) is 25.5 Å². The van der Waals surface area contributed by atoms with Crippen molar-refractivity contribution >= 4 is 17.8 Å². The molecule has 0 saturated carbocycles. The number of methoxy groups -OCH3 is 1. The topological polar surface area (TPSA) is 52.6 Å². The molecule has 0 heterocycles. The Morgan fingerprint density at radius 1 is 1.33 bits per heavy atom. The van der Waals surface area contributed by atoms with Gasteiger partial charge in [-0.15, -0.1) is 0 Å². The van der Waals surface area contributed by atoms with Gasteiger partial charge in [0, 0.05) is 0 Å². The molecule has 0 unspecified atom stereocenters. The minimum Gasteiger partial charge on any atom is -0.497 e. The van der Waals surface area contributed by atoms with Gasteiger partial charge in [-0.2, -0.15) is 0 Å². The lowest BCUT2D eigenvalue weighted by molar-refractivity contribution is -0.139. The second-order valence-electron chi connectivity index (χ2n) is 3.61. The van der Waals surface area contributed by atoms with E-state index in [1.807, 2.05) is 0 Å². The molecule has 18 heavy (non-hydrogen) atoms. The Balaban J connectivity index is 3.07. The van der Waals surface area contributed by atoms with Gasteiger partial charge in [0.05, 0.1) is 13.7 Å². The summed E-state index contributed by atoms with van der Waals surface area (Å²) in [6.07, 6.45) is 1.50. The van der Waals surface area contributed by atoms with Crippen LogP contribution < -0.4 is 4.74 Å². The predicted octanol–water partition coefficient (Wildman–Crippen LogP) is 2.23. The zero-order chi connectivity index (χ0) is 13.5. The molecule has 0 N–H and O–H groups in total. The first-order valence-electron chi connectivity index (χ1n) is 5.62. The van der Waals surface area contributed by atoms with Gasteiger partial charge in [-0.05, 0) is 37.6 Å². The summed E-state index contributed by atoms with van der Waals surface area (Å²) in [7, 11) is 1.56. The summed E-state index contributed by atoms with van der Waals surface area (Å²) < 4.78 is 9.91. The van der Waals surface area contributed by atoms with Crippen LogP contribution in [0, 0.1) is 0 Å². The highest BCUT2D eigenvalue weighted by molar-refractivity contribution is 6.19. The first-order chi connectivity index (χ1) is 8.58. The van der Waals surface area contributed by atoms with Crippen molar-refractivity contribution in [1.82, 2.24) is 0 Å². The van der Waals surface area contributed by atoms with Gasteiger partial charge < -0.3 is 9.47 Å². The summed E-state index contributed by atoms with van der Waals surface area (Å²) in [6.45, 7) is 3.27. The van der Waals surface area contributed by atoms with Crippen LogP contribution in [0.15, 0.2) is 29.8 Å². The number of esters is 1. The average molecular weight is 248 g/mol. The van der Waals surface area contributed by atoms with Crippen LogP contribution >= 0.6 is 0 Å². The molecule has 0 amide bonds. The van der Waals surface area contributed by atoms with Crippen molar-refractivity contribution in [2.24, 2.45) is 0 Å². The highest BCUT2D eigenvalue weighted by Crippen LogP contribution is 2.16. The SMILES string of the molecule is CCOC(=O)/C(=C\c1cccc(OC)c1)C(C)=O. The van der Waals surface area contributed by atoms with E-state index in [-0.39, 0.29) is 18.0 Å². The summed E-state index contributed by atoms with van der Waals surface area (Å²) in [5, 5.41) is 0. The fourth-order valence-electron chi connectivity index (χ4n) is 1.41. The second-order valence-corrected chi connectivity index (χ2v) is 3.61. The van der Waals surface area contributed by atoms with E-state index in [9.17, 15) is 9.59 Å². The monoisotopic (exact) mass is 248 g/mol. The molecule has 0 fully saturated rings. The Morgan fingerprint density at radius 3 is 2.61 bits per heavy atom. The number of hydrogen-bond donors (Lipinski definition) is 0. The van der Waals surface area contributed by atoms with E-state index in [0.717, 1.165) is 0 Å². The van der Waals surface area contributed by atoms with Crippen molar-refractivity contribution in [1.29, 1.82) is 0 Å². The van der Waals surface area contributed by atoms with Gasteiger partial charge in [-0.3, -0.25) is 4.79 Å². The van der Waals surface area contributed by atoms with Gasteiger partial charge in [-0.25, -0.2) is 4.79 Å². The molecular formula is C14H16O4. The lowest BCUT2D eigenvalue weighted by Gasteiger charge is -2.04.